The molecule has 0 aromatic rings. The van der Waals surface area contributed by atoms with Crippen LogP contribution in [0.4, 0.5) is 0 Å². The first-order chi connectivity index (χ1) is 10.6. The van der Waals surface area contributed by atoms with E-state index in [9.17, 15) is 9.59 Å². The van der Waals surface area contributed by atoms with Crippen molar-refractivity contribution in [2.75, 3.05) is 0 Å². The average Bonchev–Trinajstić information content (AvgIpc) is 3.16. The molecule has 4 nitrogen and oxygen atoms in total. The van der Waals surface area contributed by atoms with Crippen LogP contribution in [-0.2, 0) is 33.6 Å². The fourth-order valence-electron chi connectivity index (χ4n) is 3.24. The molecule has 2 aliphatic carbocycles. The van der Waals surface area contributed by atoms with Crippen LogP contribution in [0.1, 0.15) is 46.0 Å². The molecule has 0 atom stereocenters. The second-order valence-corrected chi connectivity index (χ2v) is 10.1. The molecule has 1 aliphatic heterocycles. The standard InChI is InChI=1S/C11H10.2C3H6O2.Ti/c1-2-6-10(5-1)9-11-7-3-4-8-11;2*1-2-3(4)5;/h1,3,5,7H,2,4,9H2;2*2H2,1H3,(H,4,5);/q;;;+2/p-2. The summed E-state index contributed by atoms with van der Waals surface area (Å²) in [7, 11) is 0. The Labute approximate surface area is 134 Å². The number of carbonyl (C=O) groups excluding carboxylic acids is 2. The van der Waals surface area contributed by atoms with Gasteiger partial charge in [-0.25, -0.2) is 0 Å². The second-order valence-electron chi connectivity index (χ2n) is 5.67. The van der Waals surface area contributed by atoms with Crippen molar-refractivity contribution in [1.82, 2.24) is 0 Å². The van der Waals surface area contributed by atoms with Crippen molar-refractivity contribution in [2.45, 2.75) is 46.0 Å². The Morgan fingerprint density at radius 1 is 0.955 bits per heavy atom. The molecule has 22 heavy (non-hydrogen) atoms. The van der Waals surface area contributed by atoms with Gasteiger partial charge in [0.05, 0.1) is 0 Å². The number of carbonyl (C=O) groups is 2. The summed E-state index contributed by atoms with van der Waals surface area (Å²) >= 11 is -3.82. The van der Waals surface area contributed by atoms with Gasteiger partial charge in [-0.3, -0.25) is 0 Å². The van der Waals surface area contributed by atoms with E-state index in [1.165, 1.54) is 11.1 Å². The molecule has 3 rings (SSSR count). The average molecular weight is 336 g/mol. The SMILES string of the molecule is CCC(=O)[O][Ti]1([O]C(=O)CC)[C]2=C(C=CC2)CC2=[C]1CC=C2. The molecule has 3 aliphatic rings. The van der Waals surface area contributed by atoms with Gasteiger partial charge in [-0.1, -0.05) is 0 Å². The Bertz CT molecular complexity index is 596. The summed E-state index contributed by atoms with van der Waals surface area (Å²) in [6, 6.07) is 0. The molecule has 0 aromatic carbocycles. The van der Waals surface area contributed by atoms with E-state index in [2.05, 4.69) is 24.3 Å². The minimum absolute atomic E-state index is 0.275. The summed E-state index contributed by atoms with van der Waals surface area (Å²) in [5.41, 5.74) is 2.36. The summed E-state index contributed by atoms with van der Waals surface area (Å²) < 4.78 is 14.1. The van der Waals surface area contributed by atoms with E-state index in [4.69, 9.17) is 6.64 Å². The minimum atomic E-state index is -3.82. The maximum absolute atomic E-state index is 12.1. The topological polar surface area (TPSA) is 52.6 Å². The molecule has 0 saturated heterocycles. The van der Waals surface area contributed by atoms with Gasteiger partial charge in [0.25, 0.3) is 0 Å². The summed E-state index contributed by atoms with van der Waals surface area (Å²) in [6.45, 7) is 3.54. The first-order valence-corrected chi connectivity index (χ1v) is 10.7. The molecule has 0 radical (unpaired) electrons. The van der Waals surface area contributed by atoms with Gasteiger partial charge in [-0.15, -0.1) is 0 Å². The van der Waals surface area contributed by atoms with Crippen LogP contribution in [0.5, 0.6) is 0 Å². The van der Waals surface area contributed by atoms with E-state index in [0.717, 1.165) is 27.0 Å². The Kier molecular flexibility index (Phi) is 4.24. The monoisotopic (exact) mass is 336 g/mol. The van der Waals surface area contributed by atoms with E-state index in [0.29, 0.717) is 12.8 Å². The van der Waals surface area contributed by atoms with Crippen LogP contribution in [0, 0.1) is 0 Å². The molecule has 0 amide bonds. The van der Waals surface area contributed by atoms with Crippen LogP contribution >= 0.6 is 0 Å². The molecule has 0 bridgehead atoms. The van der Waals surface area contributed by atoms with Gasteiger partial charge >= 0.3 is 135 Å². The van der Waals surface area contributed by atoms with Gasteiger partial charge in [0.15, 0.2) is 0 Å². The third kappa shape index (κ3) is 2.44. The van der Waals surface area contributed by atoms with Crippen molar-refractivity contribution in [3.8, 4) is 0 Å². The molecular formula is C17H20O4Ti. The quantitative estimate of drug-likeness (QED) is 0.735. The van der Waals surface area contributed by atoms with Crippen molar-refractivity contribution in [3.05, 3.63) is 43.2 Å². The summed E-state index contributed by atoms with van der Waals surface area (Å²) in [5, 5.41) is 0. The molecule has 116 valence electrons. The number of hydrogen-bond donors (Lipinski definition) is 0. The molecule has 1 heterocycles. The summed E-state index contributed by atoms with van der Waals surface area (Å²) in [4.78, 5) is 24.2. The van der Waals surface area contributed by atoms with Gasteiger partial charge in [0, 0.05) is 0 Å². The van der Waals surface area contributed by atoms with Crippen molar-refractivity contribution in [2.24, 2.45) is 0 Å². The predicted octanol–water partition coefficient (Wildman–Crippen LogP) is 3.71. The summed E-state index contributed by atoms with van der Waals surface area (Å²) in [6.07, 6.45) is 11.3. The van der Waals surface area contributed by atoms with E-state index < -0.39 is 17.4 Å². The van der Waals surface area contributed by atoms with Crippen molar-refractivity contribution >= 4 is 11.9 Å². The van der Waals surface area contributed by atoms with Crippen molar-refractivity contribution < 1.29 is 33.6 Å². The van der Waals surface area contributed by atoms with Crippen LogP contribution in [0.3, 0.4) is 0 Å². The van der Waals surface area contributed by atoms with Crippen LogP contribution in [0.25, 0.3) is 0 Å². The number of allylic oxidation sites excluding steroid dienone is 8. The summed E-state index contributed by atoms with van der Waals surface area (Å²) in [5.74, 6) is -0.549. The normalized spacial score (nSPS) is 21.0. The van der Waals surface area contributed by atoms with Gasteiger partial charge in [0.2, 0.25) is 0 Å². The van der Waals surface area contributed by atoms with E-state index in [-0.39, 0.29) is 11.9 Å². The molecule has 0 unspecified atom stereocenters. The Morgan fingerprint density at radius 3 is 1.82 bits per heavy atom. The number of hydrogen-bond acceptors (Lipinski definition) is 4. The molecule has 0 saturated carbocycles. The van der Waals surface area contributed by atoms with Crippen molar-refractivity contribution in [1.29, 1.82) is 0 Å². The van der Waals surface area contributed by atoms with Gasteiger partial charge in [0.1, 0.15) is 0 Å². The van der Waals surface area contributed by atoms with Crippen LogP contribution in [0.2, 0.25) is 0 Å². The van der Waals surface area contributed by atoms with Crippen LogP contribution in [-0.4, -0.2) is 11.9 Å². The fourth-order valence-corrected chi connectivity index (χ4v) is 9.16. The van der Waals surface area contributed by atoms with Crippen molar-refractivity contribution in [3.63, 3.8) is 0 Å². The zero-order valence-corrected chi connectivity index (χ0v) is 14.5. The number of rotatable bonds is 4. The Morgan fingerprint density at radius 2 is 1.41 bits per heavy atom. The Balaban J connectivity index is 2.09. The van der Waals surface area contributed by atoms with E-state index in [1.807, 2.05) is 0 Å². The molecular weight excluding hydrogens is 316 g/mol. The van der Waals surface area contributed by atoms with Gasteiger partial charge in [-0.2, -0.15) is 0 Å². The van der Waals surface area contributed by atoms with E-state index in [1.54, 1.807) is 13.8 Å². The zero-order chi connectivity index (χ0) is 15.7. The molecule has 0 N–H and O–H groups in total. The molecule has 0 aromatic heterocycles. The maximum atomic E-state index is 12.1. The molecule has 5 heteroatoms. The van der Waals surface area contributed by atoms with Crippen LogP contribution < -0.4 is 0 Å². The molecule has 0 spiro atoms. The fraction of sp³-hybridized carbons (Fsp3) is 0.412. The first-order valence-electron chi connectivity index (χ1n) is 7.82. The van der Waals surface area contributed by atoms with E-state index >= 15 is 0 Å². The third-order valence-corrected chi connectivity index (χ3v) is 10.1. The second kappa shape index (κ2) is 6.01. The predicted molar refractivity (Wildman–Crippen MR) is 78.9 cm³/mol. The first kappa shape index (κ1) is 15.5. The molecule has 0 fully saturated rings. The van der Waals surface area contributed by atoms with Gasteiger partial charge < -0.3 is 0 Å². The third-order valence-electron chi connectivity index (χ3n) is 4.33. The zero-order valence-electron chi connectivity index (χ0n) is 13.0. The Hall–Kier alpha value is -1.39. The van der Waals surface area contributed by atoms with Gasteiger partial charge in [-0.05, 0) is 0 Å². The van der Waals surface area contributed by atoms with Crippen LogP contribution in [0.15, 0.2) is 43.2 Å².